The minimum absolute atomic E-state index is 0.0871. The Morgan fingerprint density at radius 1 is 1.50 bits per heavy atom. The van der Waals surface area contributed by atoms with Crippen LogP contribution in [0.25, 0.3) is 0 Å². The topological polar surface area (TPSA) is 50.4 Å². The van der Waals surface area contributed by atoms with E-state index in [1.165, 1.54) is 0 Å². The Labute approximate surface area is 112 Å². The van der Waals surface area contributed by atoms with Crippen molar-refractivity contribution in [2.24, 2.45) is 0 Å². The summed E-state index contributed by atoms with van der Waals surface area (Å²) in [6.07, 6.45) is 2.67. The number of anilines is 1. The van der Waals surface area contributed by atoms with Gasteiger partial charge in [-0.1, -0.05) is 11.6 Å². The van der Waals surface area contributed by atoms with E-state index in [4.69, 9.17) is 16.3 Å². The first-order chi connectivity index (χ1) is 8.69. The van der Waals surface area contributed by atoms with Crippen molar-refractivity contribution in [3.8, 4) is 5.75 Å². The molecule has 0 heterocycles. The van der Waals surface area contributed by atoms with Gasteiger partial charge in [0, 0.05) is 25.1 Å². The maximum Gasteiger partial charge on any atom is 0.221 e. The van der Waals surface area contributed by atoms with Crippen LogP contribution in [0.3, 0.4) is 0 Å². The van der Waals surface area contributed by atoms with E-state index in [-0.39, 0.29) is 5.91 Å². The molecule has 4 nitrogen and oxygen atoms in total. The number of hydrogen-bond donors (Lipinski definition) is 2. The molecule has 1 saturated carbocycles. The summed E-state index contributed by atoms with van der Waals surface area (Å²) in [4.78, 5) is 11.5. The van der Waals surface area contributed by atoms with Gasteiger partial charge in [0.25, 0.3) is 0 Å². The smallest absolute Gasteiger partial charge is 0.221 e. The van der Waals surface area contributed by atoms with E-state index in [9.17, 15) is 4.79 Å². The molecule has 0 bridgehead atoms. The van der Waals surface area contributed by atoms with Gasteiger partial charge in [0.2, 0.25) is 5.91 Å². The first kappa shape index (κ1) is 13.0. The molecule has 2 N–H and O–H groups in total. The highest BCUT2D eigenvalue weighted by atomic mass is 35.5. The lowest BCUT2D eigenvalue weighted by Crippen LogP contribution is -2.27. The Balaban J connectivity index is 1.79. The van der Waals surface area contributed by atoms with Crippen molar-refractivity contribution in [1.82, 2.24) is 5.32 Å². The maximum absolute atomic E-state index is 11.5. The molecule has 0 saturated heterocycles. The van der Waals surface area contributed by atoms with Crippen molar-refractivity contribution in [3.63, 3.8) is 0 Å². The van der Waals surface area contributed by atoms with Gasteiger partial charge in [0.15, 0.2) is 0 Å². The number of nitrogens with one attached hydrogen (secondary N) is 2. The minimum Gasteiger partial charge on any atom is -0.497 e. The number of rotatable bonds is 6. The van der Waals surface area contributed by atoms with Crippen LogP contribution in [-0.4, -0.2) is 25.6 Å². The molecule has 0 spiro atoms. The summed E-state index contributed by atoms with van der Waals surface area (Å²) in [5.41, 5.74) is 0.787. The SMILES string of the molecule is COc1ccc(Cl)c(NCCC(=O)NC2CC2)c1. The largest absolute Gasteiger partial charge is 0.497 e. The molecule has 1 amide bonds. The van der Waals surface area contributed by atoms with Crippen molar-refractivity contribution in [3.05, 3.63) is 23.2 Å². The number of carbonyl (C=O) groups excluding carboxylic acids is 1. The van der Waals surface area contributed by atoms with Gasteiger partial charge < -0.3 is 15.4 Å². The third-order valence-corrected chi connectivity index (χ3v) is 3.11. The number of amides is 1. The van der Waals surface area contributed by atoms with Crippen molar-refractivity contribution in [1.29, 1.82) is 0 Å². The Morgan fingerprint density at radius 2 is 2.28 bits per heavy atom. The first-order valence-electron chi connectivity index (χ1n) is 6.06. The van der Waals surface area contributed by atoms with Crippen LogP contribution in [0.5, 0.6) is 5.75 Å². The van der Waals surface area contributed by atoms with Crippen LogP contribution in [-0.2, 0) is 4.79 Å². The molecular formula is C13H17ClN2O2. The van der Waals surface area contributed by atoms with Crippen LogP contribution in [0.15, 0.2) is 18.2 Å². The van der Waals surface area contributed by atoms with Crippen LogP contribution in [0.4, 0.5) is 5.69 Å². The number of halogens is 1. The van der Waals surface area contributed by atoms with Gasteiger partial charge in [-0.2, -0.15) is 0 Å². The number of ether oxygens (including phenoxy) is 1. The lowest BCUT2D eigenvalue weighted by molar-refractivity contribution is -0.120. The second kappa shape index (κ2) is 5.96. The van der Waals surface area contributed by atoms with E-state index >= 15 is 0 Å². The van der Waals surface area contributed by atoms with E-state index in [0.29, 0.717) is 24.0 Å². The number of benzene rings is 1. The second-order valence-electron chi connectivity index (χ2n) is 4.36. The summed E-state index contributed by atoms with van der Waals surface area (Å²) < 4.78 is 5.12. The van der Waals surface area contributed by atoms with Gasteiger partial charge in [-0.3, -0.25) is 4.79 Å². The molecule has 1 aromatic carbocycles. The van der Waals surface area contributed by atoms with Crippen LogP contribution in [0, 0.1) is 0 Å². The predicted molar refractivity (Wildman–Crippen MR) is 72.3 cm³/mol. The standard InChI is InChI=1S/C13H17ClN2O2/c1-18-10-4-5-11(14)12(8-10)15-7-6-13(17)16-9-2-3-9/h4-5,8-9,15H,2-3,6-7H2,1H3,(H,16,17). The molecule has 1 aliphatic carbocycles. The Bertz CT molecular complexity index is 433. The molecule has 0 unspecified atom stereocenters. The summed E-state index contributed by atoms with van der Waals surface area (Å²) in [6, 6.07) is 5.81. The first-order valence-corrected chi connectivity index (χ1v) is 6.43. The fraction of sp³-hybridized carbons (Fsp3) is 0.462. The summed E-state index contributed by atoms with van der Waals surface area (Å²) >= 11 is 6.04. The second-order valence-corrected chi connectivity index (χ2v) is 4.77. The van der Waals surface area contributed by atoms with Gasteiger partial charge in [-0.25, -0.2) is 0 Å². The summed E-state index contributed by atoms with van der Waals surface area (Å²) in [7, 11) is 1.61. The quantitative estimate of drug-likeness (QED) is 0.833. The van der Waals surface area contributed by atoms with Crippen LogP contribution in [0.1, 0.15) is 19.3 Å². The molecule has 0 atom stereocenters. The van der Waals surface area contributed by atoms with E-state index in [1.807, 2.05) is 6.07 Å². The van der Waals surface area contributed by atoms with E-state index in [0.717, 1.165) is 24.3 Å². The molecule has 1 aliphatic rings. The lowest BCUT2D eigenvalue weighted by atomic mass is 10.3. The third kappa shape index (κ3) is 3.81. The van der Waals surface area contributed by atoms with Gasteiger partial charge in [-0.05, 0) is 25.0 Å². The summed E-state index contributed by atoms with van der Waals surface area (Å²) in [5, 5.41) is 6.70. The zero-order valence-electron chi connectivity index (χ0n) is 10.3. The molecule has 0 aromatic heterocycles. The number of methoxy groups -OCH3 is 1. The Kier molecular flexibility index (Phi) is 4.31. The molecule has 1 aromatic rings. The molecule has 18 heavy (non-hydrogen) atoms. The number of carbonyl (C=O) groups is 1. The zero-order valence-corrected chi connectivity index (χ0v) is 11.1. The third-order valence-electron chi connectivity index (χ3n) is 2.78. The van der Waals surface area contributed by atoms with E-state index in [1.54, 1.807) is 19.2 Å². The molecule has 98 valence electrons. The minimum atomic E-state index is 0.0871. The summed E-state index contributed by atoms with van der Waals surface area (Å²) in [5.74, 6) is 0.827. The number of hydrogen-bond acceptors (Lipinski definition) is 3. The van der Waals surface area contributed by atoms with Gasteiger partial charge in [0.1, 0.15) is 5.75 Å². The fourth-order valence-corrected chi connectivity index (χ4v) is 1.79. The molecular weight excluding hydrogens is 252 g/mol. The monoisotopic (exact) mass is 268 g/mol. The summed E-state index contributed by atoms with van der Waals surface area (Å²) in [6.45, 7) is 0.561. The molecule has 0 aliphatic heterocycles. The fourth-order valence-electron chi connectivity index (χ4n) is 1.61. The lowest BCUT2D eigenvalue weighted by Gasteiger charge is -2.10. The van der Waals surface area contributed by atoms with Gasteiger partial charge in [0.05, 0.1) is 17.8 Å². The molecule has 2 rings (SSSR count). The predicted octanol–water partition coefficient (Wildman–Crippen LogP) is 2.43. The van der Waals surface area contributed by atoms with Crippen molar-refractivity contribution in [2.75, 3.05) is 19.0 Å². The highest BCUT2D eigenvalue weighted by molar-refractivity contribution is 6.33. The van der Waals surface area contributed by atoms with Crippen LogP contribution >= 0.6 is 11.6 Å². The normalized spacial score (nSPS) is 14.1. The van der Waals surface area contributed by atoms with Gasteiger partial charge in [-0.15, -0.1) is 0 Å². The Hall–Kier alpha value is -1.42. The van der Waals surface area contributed by atoms with Crippen LogP contribution < -0.4 is 15.4 Å². The highest BCUT2D eigenvalue weighted by Gasteiger charge is 2.22. The molecule has 0 radical (unpaired) electrons. The molecule has 5 heteroatoms. The maximum atomic E-state index is 11.5. The van der Waals surface area contributed by atoms with Gasteiger partial charge >= 0.3 is 0 Å². The molecule has 1 fully saturated rings. The van der Waals surface area contributed by atoms with Crippen molar-refractivity contribution < 1.29 is 9.53 Å². The van der Waals surface area contributed by atoms with Crippen molar-refractivity contribution >= 4 is 23.2 Å². The average molecular weight is 269 g/mol. The van der Waals surface area contributed by atoms with Crippen LogP contribution in [0.2, 0.25) is 5.02 Å². The van der Waals surface area contributed by atoms with E-state index in [2.05, 4.69) is 10.6 Å². The van der Waals surface area contributed by atoms with E-state index < -0.39 is 0 Å². The Morgan fingerprint density at radius 3 is 2.94 bits per heavy atom. The van der Waals surface area contributed by atoms with Crippen molar-refractivity contribution in [2.45, 2.75) is 25.3 Å². The average Bonchev–Trinajstić information content (AvgIpc) is 3.15. The highest BCUT2D eigenvalue weighted by Crippen LogP contribution is 2.26. The zero-order chi connectivity index (χ0) is 13.0.